The Morgan fingerprint density at radius 2 is 1.80 bits per heavy atom. The molecule has 4 rings (SSSR count). The number of esters is 1. The number of aliphatic hydroxyl groups excluding tert-OH is 1. The highest BCUT2D eigenvalue weighted by molar-refractivity contribution is 6.00. The van der Waals surface area contributed by atoms with E-state index in [1.54, 1.807) is 18.9 Å². The van der Waals surface area contributed by atoms with Crippen molar-refractivity contribution in [3.05, 3.63) is 46.3 Å². The Bertz CT molecular complexity index is 1510. The summed E-state index contributed by atoms with van der Waals surface area (Å²) in [6.07, 6.45) is -1.58. The summed E-state index contributed by atoms with van der Waals surface area (Å²) in [6, 6.07) is 8.80. The normalized spacial score (nSPS) is 37.5. The number of ketones is 1. The number of fused-ring (bicyclic) bond motifs is 1. The number of hydrogen-bond acceptors (Lipinski definition) is 12. The van der Waals surface area contributed by atoms with Crippen LogP contribution >= 0.6 is 0 Å². The summed E-state index contributed by atoms with van der Waals surface area (Å²) >= 11 is 0. The molecule has 314 valence electrons. The van der Waals surface area contributed by atoms with Crippen LogP contribution in [0.25, 0.3) is 10.4 Å². The van der Waals surface area contributed by atoms with E-state index in [1.165, 1.54) is 6.92 Å². The van der Waals surface area contributed by atoms with Gasteiger partial charge in [-0.3, -0.25) is 14.5 Å². The lowest BCUT2D eigenvalue weighted by atomic mass is 9.78. The Morgan fingerprint density at radius 1 is 1.11 bits per heavy atom. The number of likely N-dealkylation sites (N-methyl/N-ethyl adjacent to an activating group) is 1. The van der Waals surface area contributed by atoms with Crippen molar-refractivity contribution in [2.24, 2.45) is 22.9 Å². The molecule has 3 saturated heterocycles. The Hall–Kier alpha value is -3.30. The van der Waals surface area contributed by atoms with Gasteiger partial charge in [-0.05, 0) is 104 Å². The number of aliphatic hydroxyl groups is 1. The third-order valence-corrected chi connectivity index (χ3v) is 12.2. The average molecular weight is 787 g/mol. The molecule has 15 nitrogen and oxygen atoms in total. The maximum absolute atomic E-state index is 14.4. The summed E-state index contributed by atoms with van der Waals surface area (Å²) in [5.41, 5.74) is 7.47. The van der Waals surface area contributed by atoms with Crippen molar-refractivity contribution < 1.29 is 43.2 Å². The van der Waals surface area contributed by atoms with Crippen LogP contribution in [0.15, 0.2) is 35.4 Å². The van der Waals surface area contributed by atoms with Crippen LogP contribution in [-0.2, 0) is 39.7 Å². The van der Waals surface area contributed by atoms with Crippen LogP contribution in [-0.4, -0.2) is 134 Å². The molecule has 1 amide bonds. The second-order valence-electron chi connectivity index (χ2n) is 16.8. The zero-order valence-electron chi connectivity index (χ0n) is 35.1. The van der Waals surface area contributed by atoms with E-state index in [-0.39, 0.29) is 24.1 Å². The van der Waals surface area contributed by atoms with Gasteiger partial charge in [-0.1, -0.05) is 56.2 Å². The molecule has 13 atom stereocenters. The van der Waals surface area contributed by atoms with E-state index >= 15 is 0 Å². The van der Waals surface area contributed by atoms with Crippen LogP contribution in [0.5, 0.6) is 0 Å². The van der Waals surface area contributed by atoms with Gasteiger partial charge >= 0.3 is 12.1 Å². The van der Waals surface area contributed by atoms with Crippen molar-refractivity contribution in [3.63, 3.8) is 0 Å². The zero-order valence-corrected chi connectivity index (χ0v) is 35.1. The third-order valence-electron chi connectivity index (χ3n) is 12.2. The number of unbranched alkanes of at least 4 members (excludes halogenated alkanes) is 1. The van der Waals surface area contributed by atoms with Crippen LogP contribution in [0.3, 0.4) is 0 Å². The highest BCUT2D eigenvalue weighted by Gasteiger charge is 2.59. The Labute approximate surface area is 332 Å². The van der Waals surface area contributed by atoms with Gasteiger partial charge in [-0.2, -0.15) is 0 Å². The predicted octanol–water partition coefficient (Wildman–Crippen LogP) is 5.28. The first-order valence-electron chi connectivity index (χ1n) is 20.2. The molecule has 3 aliphatic rings. The quantitative estimate of drug-likeness (QED) is 0.0702. The van der Waals surface area contributed by atoms with Crippen LogP contribution in [0, 0.1) is 17.8 Å². The summed E-state index contributed by atoms with van der Waals surface area (Å²) in [5, 5.41) is 18.9. The van der Waals surface area contributed by atoms with Gasteiger partial charge in [-0.15, -0.1) is 0 Å². The summed E-state index contributed by atoms with van der Waals surface area (Å²) < 4.78 is 31.7. The maximum Gasteiger partial charge on any atom is 0.410 e. The van der Waals surface area contributed by atoms with E-state index in [1.807, 2.05) is 77.0 Å². The lowest BCUT2D eigenvalue weighted by Crippen LogP contribution is -2.62. The summed E-state index contributed by atoms with van der Waals surface area (Å²) in [4.78, 5) is 48.9. The third kappa shape index (κ3) is 10.4. The van der Waals surface area contributed by atoms with Gasteiger partial charge in [0.25, 0.3) is 0 Å². The Kier molecular flexibility index (Phi) is 16.1. The fourth-order valence-corrected chi connectivity index (χ4v) is 9.04. The average Bonchev–Trinajstić information content (AvgIpc) is 3.43. The van der Waals surface area contributed by atoms with Crippen molar-refractivity contribution in [1.29, 1.82) is 0 Å². The monoisotopic (exact) mass is 786 g/mol. The van der Waals surface area contributed by atoms with Gasteiger partial charge in [0.2, 0.25) is 0 Å². The number of azide groups is 1. The number of benzene rings is 1. The van der Waals surface area contributed by atoms with Crippen molar-refractivity contribution in [2.75, 3.05) is 40.8 Å². The molecule has 0 spiro atoms. The first-order valence-corrected chi connectivity index (χ1v) is 20.2. The van der Waals surface area contributed by atoms with Gasteiger partial charge < -0.3 is 39.0 Å². The number of carbonyl (C=O) groups is 3. The number of ether oxygens (including phenoxy) is 5. The fourth-order valence-electron chi connectivity index (χ4n) is 9.04. The predicted molar refractivity (Wildman–Crippen MR) is 211 cm³/mol. The summed E-state index contributed by atoms with van der Waals surface area (Å²) in [5.74, 6) is -3.27. The van der Waals surface area contributed by atoms with Crippen LogP contribution in [0.2, 0.25) is 0 Å². The molecule has 3 heterocycles. The Balaban J connectivity index is 1.79. The molecule has 0 saturated carbocycles. The van der Waals surface area contributed by atoms with E-state index in [4.69, 9.17) is 29.2 Å². The number of amides is 1. The minimum Gasteiger partial charge on any atom is -0.458 e. The molecule has 56 heavy (non-hydrogen) atoms. The second kappa shape index (κ2) is 19.9. The van der Waals surface area contributed by atoms with Crippen molar-refractivity contribution in [3.8, 4) is 0 Å². The lowest BCUT2D eigenvalue weighted by Gasteiger charge is -2.46. The van der Waals surface area contributed by atoms with Gasteiger partial charge in [-0.25, -0.2) is 4.79 Å². The zero-order chi connectivity index (χ0) is 41.4. The molecule has 0 aromatic heterocycles. The van der Waals surface area contributed by atoms with E-state index in [0.717, 1.165) is 5.56 Å². The standard InChI is InChI=1S/C41H66N6O9/c1-11-32-41(7)35(47(39(51)56-41)20-16-15-19-44-45-42)30(22-29-17-13-12-14-18-29)43-24-25(2)23-40(6,52-10)36(27(4)33(48)28(5)37(50)54-32)55-38-34(49)31(46(8)9)21-26(3)53-38/h12-14,17-18,25-28,30-32,34-36,38,43,49H,11,15-16,19-24H2,1-10H3/t25-,26-,27+,28-,30-,31?,32-,34-,35-,36-,38+,40-,41-/m1/s1. The molecule has 1 unspecified atom stereocenters. The first-order chi connectivity index (χ1) is 26.5. The summed E-state index contributed by atoms with van der Waals surface area (Å²) in [6.45, 7) is 14.0. The molecule has 1 aromatic carbocycles. The molecule has 0 bridgehead atoms. The second-order valence-corrected chi connectivity index (χ2v) is 16.8. The van der Waals surface area contributed by atoms with Crippen molar-refractivity contribution in [2.45, 2.75) is 147 Å². The lowest BCUT2D eigenvalue weighted by molar-refractivity contribution is -0.295. The minimum absolute atomic E-state index is 0.0544. The van der Waals surface area contributed by atoms with Crippen molar-refractivity contribution in [1.82, 2.24) is 15.1 Å². The van der Waals surface area contributed by atoms with Crippen molar-refractivity contribution >= 4 is 17.8 Å². The summed E-state index contributed by atoms with van der Waals surface area (Å²) in [7, 11) is 5.38. The van der Waals surface area contributed by atoms with Crippen LogP contribution in [0.4, 0.5) is 4.79 Å². The maximum atomic E-state index is 14.4. The number of hydrogen-bond donors (Lipinski definition) is 2. The molecule has 1 aromatic rings. The van der Waals surface area contributed by atoms with Gasteiger partial charge in [0.05, 0.1) is 23.9 Å². The highest BCUT2D eigenvalue weighted by atomic mass is 16.7. The van der Waals surface area contributed by atoms with E-state index < -0.39 is 71.5 Å². The number of cyclic esters (lactones) is 1. The molecule has 3 aliphatic heterocycles. The Morgan fingerprint density at radius 3 is 2.43 bits per heavy atom. The number of methoxy groups -OCH3 is 1. The number of Topliss-reactive ketones (excluding diaryl/α,β-unsaturated/α-hetero) is 1. The van der Waals surface area contributed by atoms with E-state index in [0.29, 0.717) is 58.2 Å². The largest absolute Gasteiger partial charge is 0.458 e. The molecular formula is C41H66N6O9. The first kappa shape index (κ1) is 45.4. The molecule has 15 heteroatoms. The van der Waals surface area contributed by atoms with E-state index in [2.05, 4.69) is 22.3 Å². The number of carbonyl (C=O) groups excluding carboxylic acids is 3. The van der Waals surface area contributed by atoms with E-state index in [9.17, 15) is 19.5 Å². The molecule has 0 radical (unpaired) electrons. The smallest absolute Gasteiger partial charge is 0.410 e. The highest BCUT2D eigenvalue weighted by Crippen LogP contribution is 2.41. The number of nitrogens with zero attached hydrogens (tertiary/aromatic N) is 5. The SMILES string of the molecule is CC[C@H]1OC(=O)[C@H](C)C(=O)[C@H](C)[C@@H](O[C@@H]2O[C@H](C)CC(N(C)C)[C@H]2O)[C@](C)(OC)C[C@@H](C)CN[C@H](Cc2ccccc2)[C@H]2N(CCCCN=[N+]=[N-])C(=O)O[C@]12C. The molecule has 2 N–H and O–H groups in total. The number of rotatable bonds is 12. The van der Waals surface area contributed by atoms with Crippen LogP contribution in [0.1, 0.15) is 86.1 Å². The van der Waals surface area contributed by atoms with Gasteiger partial charge in [0, 0.05) is 43.1 Å². The van der Waals surface area contributed by atoms with Gasteiger partial charge in [0.15, 0.2) is 17.7 Å². The fraction of sp³-hybridized carbons (Fsp3) is 0.780. The molecular weight excluding hydrogens is 720 g/mol. The minimum atomic E-state index is -1.29. The van der Waals surface area contributed by atoms with Crippen LogP contribution < -0.4 is 5.32 Å². The number of nitrogens with one attached hydrogen (secondary N) is 1. The van der Waals surface area contributed by atoms with Gasteiger partial charge in [0.1, 0.15) is 18.1 Å². The topological polar surface area (TPSA) is 185 Å². The molecule has 0 aliphatic carbocycles. The molecule has 3 fully saturated rings.